The van der Waals surface area contributed by atoms with Crippen molar-refractivity contribution in [3.05, 3.63) is 60.3 Å². The third-order valence-electron chi connectivity index (χ3n) is 3.53. The van der Waals surface area contributed by atoms with Crippen LogP contribution in [0.1, 0.15) is 10.4 Å². The van der Waals surface area contributed by atoms with Gasteiger partial charge in [0.25, 0.3) is 5.91 Å². The van der Waals surface area contributed by atoms with E-state index in [-0.39, 0.29) is 12.7 Å². The molecule has 0 atom stereocenters. The molecular formula is C17H12N2O3. The summed E-state index contributed by atoms with van der Waals surface area (Å²) in [5, 5.41) is 3.82. The van der Waals surface area contributed by atoms with Gasteiger partial charge in [0.1, 0.15) is 0 Å². The molecule has 1 N–H and O–H groups in total. The van der Waals surface area contributed by atoms with E-state index in [1.165, 1.54) is 0 Å². The van der Waals surface area contributed by atoms with Crippen molar-refractivity contribution in [1.82, 2.24) is 4.98 Å². The molecule has 5 heteroatoms. The summed E-state index contributed by atoms with van der Waals surface area (Å²) in [5.74, 6) is 1.05. The van der Waals surface area contributed by atoms with Gasteiger partial charge in [0.15, 0.2) is 11.5 Å². The number of carbonyl (C=O) groups is 1. The molecule has 0 saturated heterocycles. The van der Waals surface area contributed by atoms with Crippen LogP contribution >= 0.6 is 0 Å². The fraction of sp³-hybridized carbons (Fsp3) is 0.0588. The Labute approximate surface area is 126 Å². The second kappa shape index (κ2) is 5.04. The van der Waals surface area contributed by atoms with E-state index in [9.17, 15) is 4.79 Å². The number of hydrogen-bond donors (Lipinski definition) is 1. The van der Waals surface area contributed by atoms with E-state index < -0.39 is 0 Å². The molecule has 0 bridgehead atoms. The van der Waals surface area contributed by atoms with Crippen molar-refractivity contribution in [3.8, 4) is 11.5 Å². The second-order valence-electron chi connectivity index (χ2n) is 4.90. The number of rotatable bonds is 2. The number of anilines is 1. The number of benzene rings is 2. The summed E-state index contributed by atoms with van der Waals surface area (Å²) in [7, 11) is 0. The SMILES string of the molecule is O=C(Nc1cccc2ncccc12)c1ccc2c(c1)OCO2. The van der Waals surface area contributed by atoms with Crippen LogP contribution in [0.25, 0.3) is 10.9 Å². The van der Waals surface area contributed by atoms with E-state index >= 15 is 0 Å². The van der Waals surface area contributed by atoms with Gasteiger partial charge in [-0.2, -0.15) is 0 Å². The van der Waals surface area contributed by atoms with E-state index in [1.807, 2.05) is 30.3 Å². The molecule has 4 rings (SSSR count). The minimum atomic E-state index is -0.199. The van der Waals surface area contributed by atoms with Crippen LogP contribution in [0.5, 0.6) is 11.5 Å². The van der Waals surface area contributed by atoms with Crippen LogP contribution in [0, 0.1) is 0 Å². The lowest BCUT2D eigenvalue weighted by Crippen LogP contribution is -2.12. The van der Waals surface area contributed by atoms with Crippen molar-refractivity contribution < 1.29 is 14.3 Å². The molecule has 1 aliphatic rings. The lowest BCUT2D eigenvalue weighted by molar-refractivity contribution is 0.102. The molecule has 1 aliphatic heterocycles. The van der Waals surface area contributed by atoms with Crippen molar-refractivity contribution in [2.24, 2.45) is 0 Å². The van der Waals surface area contributed by atoms with Crippen molar-refractivity contribution in [2.75, 3.05) is 12.1 Å². The predicted molar refractivity (Wildman–Crippen MR) is 82.3 cm³/mol. The second-order valence-corrected chi connectivity index (χ2v) is 4.90. The van der Waals surface area contributed by atoms with Crippen LogP contribution in [-0.2, 0) is 0 Å². The molecule has 0 aliphatic carbocycles. The maximum atomic E-state index is 12.4. The van der Waals surface area contributed by atoms with Gasteiger partial charge >= 0.3 is 0 Å². The van der Waals surface area contributed by atoms with Gasteiger partial charge in [-0.3, -0.25) is 9.78 Å². The van der Waals surface area contributed by atoms with Gasteiger partial charge in [0.05, 0.1) is 11.2 Å². The number of nitrogens with one attached hydrogen (secondary N) is 1. The highest BCUT2D eigenvalue weighted by Gasteiger charge is 2.16. The summed E-state index contributed by atoms with van der Waals surface area (Å²) in [5.41, 5.74) is 2.09. The summed E-state index contributed by atoms with van der Waals surface area (Å²) in [4.78, 5) is 16.7. The van der Waals surface area contributed by atoms with Crippen LogP contribution in [0.4, 0.5) is 5.69 Å². The molecule has 2 heterocycles. The summed E-state index contributed by atoms with van der Waals surface area (Å²) in [6.45, 7) is 0.190. The lowest BCUT2D eigenvalue weighted by Gasteiger charge is -2.08. The van der Waals surface area contributed by atoms with E-state index in [2.05, 4.69) is 10.3 Å². The first kappa shape index (κ1) is 12.6. The predicted octanol–water partition coefficient (Wildman–Crippen LogP) is 3.22. The fourth-order valence-electron chi connectivity index (χ4n) is 2.44. The Hall–Kier alpha value is -3.08. The molecule has 0 fully saturated rings. The smallest absolute Gasteiger partial charge is 0.255 e. The highest BCUT2D eigenvalue weighted by atomic mass is 16.7. The molecule has 0 unspecified atom stereocenters. The first-order valence-electron chi connectivity index (χ1n) is 6.86. The third-order valence-corrected chi connectivity index (χ3v) is 3.53. The Kier molecular flexibility index (Phi) is 2.89. The maximum absolute atomic E-state index is 12.4. The molecule has 3 aromatic rings. The largest absolute Gasteiger partial charge is 0.454 e. The first-order valence-corrected chi connectivity index (χ1v) is 6.86. The van der Waals surface area contributed by atoms with E-state index in [4.69, 9.17) is 9.47 Å². The molecular weight excluding hydrogens is 280 g/mol. The summed E-state index contributed by atoms with van der Waals surface area (Å²) < 4.78 is 10.5. The minimum Gasteiger partial charge on any atom is -0.454 e. The Balaban J connectivity index is 1.66. The summed E-state index contributed by atoms with van der Waals surface area (Å²) >= 11 is 0. The number of fused-ring (bicyclic) bond motifs is 2. The van der Waals surface area contributed by atoms with E-state index in [0.717, 1.165) is 16.6 Å². The Morgan fingerprint density at radius 1 is 1.05 bits per heavy atom. The lowest BCUT2D eigenvalue weighted by atomic mass is 10.1. The first-order chi connectivity index (χ1) is 10.8. The Morgan fingerprint density at radius 2 is 1.95 bits per heavy atom. The van der Waals surface area contributed by atoms with Gasteiger partial charge in [0.2, 0.25) is 6.79 Å². The number of pyridine rings is 1. The van der Waals surface area contributed by atoms with Crippen LogP contribution in [0.2, 0.25) is 0 Å². The average Bonchev–Trinajstić information content (AvgIpc) is 3.02. The highest BCUT2D eigenvalue weighted by molar-refractivity contribution is 6.08. The van der Waals surface area contributed by atoms with Crippen LogP contribution in [0.3, 0.4) is 0 Å². The number of carbonyl (C=O) groups excluding carboxylic acids is 1. The third kappa shape index (κ3) is 2.13. The monoisotopic (exact) mass is 292 g/mol. The molecule has 22 heavy (non-hydrogen) atoms. The average molecular weight is 292 g/mol. The highest BCUT2D eigenvalue weighted by Crippen LogP contribution is 2.32. The molecule has 108 valence electrons. The zero-order valence-electron chi connectivity index (χ0n) is 11.6. The normalized spacial score (nSPS) is 12.4. The topological polar surface area (TPSA) is 60.5 Å². The summed E-state index contributed by atoms with van der Waals surface area (Å²) in [6, 6.07) is 14.5. The van der Waals surface area contributed by atoms with Crippen molar-refractivity contribution in [1.29, 1.82) is 0 Å². The van der Waals surface area contributed by atoms with Gasteiger partial charge in [0, 0.05) is 17.1 Å². The number of ether oxygens (including phenoxy) is 2. The van der Waals surface area contributed by atoms with Crippen molar-refractivity contribution in [3.63, 3.8) is 0 Å². The molecule has 1 aromatic heterocycles. The Morgan fingerprint density at radius 3 is 2.91 bits per heavy atom. The van der Waals surface area contributed by atoms with E-state index in [1.54, 1.807) is 24.4 Å². The quantitative estimate of drug-likeness (QED) is 0.788. The maximum Gasteiger partial charge on any atom is 0.255 e. The number of hydrogen-bond acceptors (Lipinski definition) is 4. The van der Waals surface area contributed by atoms with E-state index in [0.29, 0.717) is 17.1 Å². The van der Waals surface area contributed by atoms with Gasteiger partial charge < -0.3 is 14.8 Å². The van der Waals surface area contributed by atoms with Crippen LogP contribution in [0.15, 0.2) is 54.7 Å². The number of amides is 1. The fourth-order valence-corrected chi connectivity index (χ4v) is 2.44. The van der Waals surface area contributed by atoms with Crippen molar-refractivity contribution >= 4 is 22.5 Å². The Bertz CT molecular complexity index is 871. The van der Waals surface area contributed by atoms with Gasteiger partial charge in [-0.15, -0.1) is 0 Å². The zero-order chi connectivity index (χ0) is 14.9. The minimum absolute atomic E-state index is 0.190. The summed E-state index contributed by atoms with van der Waals surface area (Å²) in [6.07, 6.45) is 1.73. The van der Waals surface area contributed by atoms with Gasteiger partial charge in [-0.05, 0) is 42.5 Å². The van der Waals surface area contributed by atoms with Crippen LogP contribution < -0.4 is 14.8 Å². The standard InChI is InChI=1S/C17H12N2O3/c20-17(11-6-7-15-16(9-11)22-10-21-15)19-14-5-1-4-13-12(14)3-2-8-18-13/h1-9H,10H2,(H,19,20). The molecule has 0 saturated carbocycles. The molecule has 0 spiro atoms. The number of aromatic nitrogens is 1. The number of nitrogens with zero attached hydrogens (tertiary/aromatic N) is 1. The molecule has 0 radical (unpaired) electrons. The molecule has 1 amide bonds. The molecule has 5 nitrogen and oxygen atoms in total. The van der Waals surface area contributed by atoms with Gasteiger partial charge in [-0.25, -0.2) is 0 Å². The molecule has 2 aromatic carbocycles. The van der Waals surface area contributed by atoms with Gasteiger partial charge in [-0.1, -0.05) is 6.07 Å². The van der Waals surface area contributed by atoms with Crippen molar-refractivity contribution in [2.45, 2.75) is 0 Å². The zero-order valence-corrected chi connectivity index (χ0v) is 11.6. The van der Waals surface area contributed by atoms with Crippen LogP contribution in [-0.4, -0.2) is 17.7 Å².